The molecule has 0 bridgehead atoms. The van der Waals surface area contributed by atoms with E-state index in [2.05, 4.69) is 18.8 Å². The Morgan fingerprint density at radius 3 is 2.38 bits per heavy atom. The Morgan fingerprint density at radius 1 is 1.31 bits per heavy atom. The monoisotopic (exact) mass is 175 g/mol. The summed E-state index contributed by atoms with van der Waals surface area (Å²) in [5.41, 5.74) is 1.95. The van der Waals surface area contributed by atoms with Gasteiger partial charge in [0.05, 0.1) is 5.69 Å². The van der Waals surface area contributed by atoms with Crippen molar-refractivity contribution in [3.63, 3.8) is 0 Å². The second kappa shape index (κ2) is 4.58. The van der Waals surface area contributed by atoms with Crippen molar-refractivity contribution in [2.75, 3.05) is 0 Å². The number of benzene rings is 1. The molecule has 68 valence electrons. The van der Waals surface area contributed by atoms with Gasteiger partial charge >= 0.3 is 0 Å². The van der Waals surface area contributed by atoms with Gasteiger partial charge in [-0.1, -0.05) is 26.0 Å². The van der Waals surface area contributed by atoms with E-state index in [1.54, 1.807) is 0 Å². The molecule has 0 N–H and O–H groups in total. The molecule has 2 nitrogen and oxygen atoms in total. The number of isocyanates is 1. The molecule has 0 aliphatic heterocycles. The van der Waals surface area contributed by atoms with E-state index < -0.39 is 0 Å². The van der Waals surface area contributed by atoms with Crippen LogP contribution in [0.3, 0.4) is 0 Å². The predicted molar refractivity (Wildman–Crippen MR) is 52.8 cm³/mol. The summed E-state index contributed by atoms with van der Waals surface area (Å²) in [5.74, 6) is 0.653. The quantitative estimate of drug-likeness (QED) is 0.513. The van der Waals surface area contributed by atoms with Crippen molar-refractivity contribution in [1.29, 1.82) is 0 Å². The van der Waals surface area contributed by atoms with E-state index >= 15 is 0 Å². The fourth-order valence-electron chi connectivity index (χ4n) is 1.23. The van der Waals surface area contributed by atoms with Gasteiger partial charge in [-0.05, 0) is 30.0 Å². The lowest BCUT2D eigenvalue weighted by atomic mass is 10.0. The first-order chi connectivity index (χ1) is 6.22. The Hall–Kier alpha value is -1.40. The third-order valence-corrected chi connectivity index (χ3v) is 1.76. The summed E-state index contributed by atoms with van der Waals surface area (Å²) in [6.45, 7) is 4.36. The van der Waals surface area contributed by atoms with Crippen LogP contribution in [-0.4, -0.2) is 6.08 Å². The zero-order chi connectivity index (χ0) is 9.68. The van der Waals surface area contributed by atoms with Gasteiger partial charge in [0.25, 0.3) is 0 Å². The minimum absolute atomic E-state index is 0.653. The van der Waals surface area contributed by atoms with Gasteiger partial charge in [-0.25, -0.2) is 4.79 Å². The summed E-state index contributed by atoms with van der Waals surface area (Å²) in [7, 11) is 0. The molecule has 1 rings (SSSR count). The average Bonchev–Trinajstić information content (AvgIpc) is 2.08. The van der Waals surface area contributed by atoms with Gasteiger partial charge < -0.3 is 0 Å². The van der Waals surface area contributed by atoms with Gasteiger partial charge in [-0.15, -0.1) is 0 Å². The highest BCUT2D eigenvalue weighted by atomic mass is 16.1. The van der Waals surface area contributed by atoms with Gasteiger partial charge in [-0.3, -0.25) is 0 Å². The van der Waals surface area contributed by atoms with Crippen molar-refractivity contribution in [1.82, 2.24) is 0 Å². The summed E-state index contributed by atoms with van der Waals surface area (Å²) < 4.78 is 0. The van der Waals surface area contributed by atoms with E-state index in [0.717, 1.165) is 6.42 Å². The number of hydrogen-bond acceptors (Lipinski definition) is 2. The molecule has 0 aromatic heterocycles. The van der Waals surface area contributed by atoms with Crippen LogP contribution in [0.5, 0.6) is 0 Å². The highest BCUT2D eigenvalue weighted by molar-refractivity contribution is 5.49. The molecule has 0 fully saturated rings. The molecule has 0 saturated heterocycles. The maximum Gasteiger partial charge on any atom is 0.240 e. The van der Waals surface area contributed by atoms with Gasteiger partial charge in [-0.2, -0.15) is 4.99 Å². The van der Waals surface area contributed by atoms with Crippen LogP contribution in [0.2, 0.25) is 0 Å². The molecule has 0 saturated carbocycles. The third kappa shape index (κ3) is 3.22. The maximum absolute atomic E-state index is 9.95. The summed E-state index contributed by atoms with van der Waals surface area (Å²) in [6.07, 6.45) is 2.58. The zero-order valence-electron chi connectivity index (χ0n) is 7.95. The summed E-state index contributed by atoms with van der Waals surface area (Å²) in [4.78, 5) is 13.5. The second-order valence-electron chi connectivity index (χ2n) is 3.47. The molecular weight excluding hydrogens is 162 g/mol. The third-order valence-electron chi connectivity index (χ3n) is 1.76. The molecule has 0 heterocycles. The van der Waals surface area contributed by atoms with E-state index in [9.17, 15) is 4.79 Å². The summed E-state index contributed by atoms with van der Waals surface area (Å²) in [6, 6.07) is 7.66. The highest BCUT2D eigenvalue weighted by Gasteiger charge is 1.96. The Labute approximate surface area is 78.3 Å². The van der Waals surface area contributed by atoms with Crippen LogP contribution in [-0.2, 0) is 11.2 Å². The normalized spacial score (nSPS) is 9.77. The summed E-state index contributed by atoms with van der Waals surface area (Å²) >= 11 is 0. The molecule has 0 unspecified atom stereocenters. The number of rotatable bonds is 3. The first-order valence-electron chi connectivity index (χ1n) is 4.39. The van der Waals surface area contributed by atoms with E-state index in [1.165, 1.54) is 11.6 Å². The molecule has 1 aromatic carbocycles. The highest BCUT2D eigenvalue weighted by Crippen LogP contribution is 2.14. The van der Waals surface area contributed by atoms with Gasteiger partial charge in [0, 0.05) is 0 Å². The summed E-state index contributed by atoms with van der Waals surface area (Å²) in [5, 5.41) is 0. The molecule has 13 heavy (non-hydrogen) atoms. The lowest BCUT2D eigenvalue weighted by Gasteiger charge is -2.03. The first-order valence-corrected chi connectivity index (χ1v) is 4.39. The molecule has 0 aliphatic carbocycles. The van der Waals surface area contributed by atoms with Crippen LogP contribution in [0.15, 0.2) is 29.3 Å². The number of aliphatic imine (C=N–C) groups is 1. The Kier molecular flexibility index (Phi) is 3.41. The Balaban J connectivity index is 2.75. The lowest BCUT2D eigenvalue weighted by molar-refractivity contribution is 0.565. The van der Waals surface area contributed by atoms with Gasteiger partial charge in [0.2, 0.25) is 6.08 Å². The van der Waals surface area contributed by atoms with Gasteiger partial charge in [0.1, 0.15) is 0 Å². The Morgan fingerprint density at radius 2 is 1.92 bits per heavy atom. The van der Waals surface area contributed by atoms with Crippen molar-refractivity contribution in [3.8, 4) is 0 Å². The van der Waals surface area contributed by atoms with Crippen LogP contribution < -0.4 is 0 Å². The molecule has 1 aromatic rings. The van der Waals surface area contributed by atoms with Crippen LogP contribution in [0, 0.1) is 5.92 Å². The molecule has 0 amide bonds. The number of nitrogens with zero attached hydrogens (tertiary/aromatic N) is 1. The fourth-order valence-corrected chi connectivity index (χ4v) is 1.23. The van der Waals surface area contributed by atoms with Crippen molar-refractivity contribution in [2.24, 2.45) is 10.9 Å². The molecule has 0 atom stereocenters. The minimum Gasteiger partial charge on any atom is -0.211 e. The minimum atomic E-state index is 0.653. The predicted octanol–water partition coefficient (Wildman–Crippen LogP) is 2.85. The van der Waals surface area contributed by atoms with Crippen molar-refractivity contribution in [2.45, 2.75) is 20.3 Å². The van der Waals surface area contributed by atoms with Gasteiger partial charge in [0.15, 0.2) is 0 Å². The average molecular weight is 175 g/mol. The molecule has 0 aliphatic rings. The SMILES string of the molecule is CC(C)Cc1ccc(N=C=O)cc1. The topological polar surface area (TPSA) is 29.4 Å². The van der Waals surface area contributed by atoms with E-state index in [0.29, 0.717) is 11.6 Å². The smallest absolute Gasteiger partial charge is 0.211 e. The number of carbonyl (C=O) groups excluding carboxylic acids is 1. The van der Waals surface area contributed by atoms with E-state index in [-0.39, 0.29) is 0 Å². The van der Waals surface area contributed by atoms with Crippen LogP contribution in [0.1, 0.15) is 19.4 Å². The van der Waals surface area contributed by atoms with Crippen LogP contribution >= 0.6 is 0 Å². The lowest BCUT2D eigenvalue weighted by Crippen LogP contribution is -1.92. The standard InChI is InChI=1S/C11H13NO/c1-9(2)7-10-3-5-11(6-4-10)12-8-13/h3-6,9H,7H2,1-2H3. The Bertz CT molecular complexity index is 307. The van der Waals surface area contributed by atoms with Crippen LogP contribution in [0.25, 0.3) is 0 Å². The molecule has 2 heteroatoms. The largest absolute Gasteiger partial charge is 0.240 e. The van der Waals surface area contributed by atoms with E-state index in [1.807, 2.05) is 24.3 Å². The van der Waals surface area contributed by atoms with Crippen molar-refractivity contribution in [3.05, 3.63) is 29.8 Å². The number of hydrogen-bond donors (Lipinski definition) is 0. The molecule has 0 radical (unpaired) electrons. The second-order valence-corrected chi connectivity index (χ2v) is 3.47. The first kappa shape index (κ1) is 9.69. The molecule has 0 spiro atoms. The van der Waals surface area contributed by atoms with Crippen molar-refractivity contribution < 1.29 is 4.79 Å². The fraction of sp³-hybridized carbons (Fsp3) is 0.364. The van der Waals surface area contributed by atoms with Crippen LogP contribution in [0.4, 0.5) is 5.69 Å². The zero-order valence-corrected chi connectivity index (χ0v) is 7.95. The maximum atomic E-state index is 9.95. The van der Waals surface area contributed by atoms with Crippen molar-refractivity contribution >= 4 is 11.8 Å². The molecular formula is C11H13NO. The van der Waals surface area contributed by atoms with E-state index in [4.69, 9.17) is 0 Å².